The Kier molecular flexibility index (Phi) is 4.48. The highest BCUT2D eigenvalue weighted by Crippen LogP contribution is 2.24. The van der Waals surface area contributed by atoms with E-state index in [0.717, 1.165) is 49.8 Å². The third-order valence-electron chi connectivity index (χ3n) is 5.37. The summed E-state index contributed by atoms with van der Waals surface area (Å²) in [5.74, 6) is 0. The van der Waals surface area contributed by atoms with Gasteiger partial charge >= 0.3 is 11.7 Å². The van der Waals surface area contributed by atoms with Crippen LogP contribution in [0.5, 0.6) is 0 Å². The van der Waals surface area contributed by atoms with Crippen molar-refractivity contribution in [3.63, 3.8) is 0 Å². The number of imidazole rings is 1. The first-order chi connectivity index (χ1) is 12.2. The van der Waals surface area contributed by atoms with Crippen molar-refractivity contribution in [3.8, 4) is 0 Å². The van der Waals surface area contributed by atoms with Gasteiger partial charge in [-0.05, 0) is 44.4 Å². The number of hydrogen-bond donors (Lipinski definition) is 3. The highest BCUT2D eigenvalue weighted by Gasteiger charge is 2.27. The highest BCUT2D eigenvalue weighted by atomic mass is 16.2. The number of likely N-dealkylation sites (tertiary alicyclic amines) is 1. The van der Waals surface area contributed by atoms with Gasteiger partial charge in [0.1, 0.15) is 0 Å². The lowest BCUT2D eigenvalue weighted by atomic mass is 10.0. The molecule has 2 saturated heterocycles. The molecule has 1 atom stereocenters. The first-order valence-electron chi connectivity index (χ1n) is 9.18. The fourth-order valence-corrected chi connectivity index (χ4v) is 4.00. The summed E-state index contributed by atoms with van der Waals surface area (Å²) in [6.07, 6.45) is 3.76. The van der Waals surface area contributed by atoms with E-state index in [1.807, 2.05) is 33.7 Å². The highest BCUT2D eigenvalue weighted by molar-refractivity contribution is 5.75. The number of fused-ring (bicyclic) bond motifs is 1. The zero-order valence-electron chi connectivity index (χ0n) is 14.3. The molecule has 2 aromatic rings. The summed E-state index contributed by atoms with van der Waals surface area (Å²) >= 11 is 0. The molecule has 7 heteroatoms. The van der Waals surface area contributed by atoms with Crippen molar-refractivity contribution in [2.75, 3.05) is 26.2 Å². The molecule has 3 heterocycles. The molecular weight excluding hydrogens is 318 g/mol. The lowest BCUT2D eigenvalue weighted by Gasteiger charge is -2.34. The minimum atomic E-state index is -0.0580. The smallest absolute Gasteiger partial charge is 0.326 e. The van der Waals surface area contributed by atoms with Crippen LogP contribution in [0.3, 0.4) is 0 Å². The van der Waals surface area contributed by atoms with E-state index >= 15 is 0 Å². The summed E-state index contributed by atoms with van der Waals surface area (Å²) in [6.45, 7) is 3.26. The number of nitrogens with zero attached hydrogens (tertiary/aromatic N) is 2. The summed E-state index contributed by atoms with van der Waals surface area (Å²) in [5, 5.41) is 6.45. The number of para-hydroxylation sites is 2. The lowest BCUT2D eigenvalue weighted by Crippen LogP contribution is -2.52. The van der Waals surface area contributed by atoms with E-state index in [0.29, 0.717) is 13.1 Å². The van der Waals surface area contributed by atoms with Crippen molar-refractivity contribution in [3.05, 3.63) is 34.7 Å². The second kappa shape index (κ2) is 6.92. The summed E-state index contributed by atoms with van der Waals surface area (Å²) in [7, 11) is 0. The van der Waals surface area contributed by atoms with Gasteiger partial charge in [-0.3, -0.25) is 4.57 Å². The van der Waals surface area contributed by atoms with Gasteiger partial charge in [0, 0.05) is 31.7 Å². The van der Waals surface area contributed by atoms with Crippen molar-refractivity contribution >= 4 is 17.1 Å². The normalized spacial score (nSPS) is 22.2. The van der Waals surface area contributed by atoms with E-state index in [9.17, 15) is 9.59 Å². The molecule has 0 radical (unpaired) electrons. The molecule has 25 heavy (non-hydrogen) atoms. The van der Waals surface area contributed by atoms with Crippen LogP contribution in [-0.2, 0) is 0 Å². The molecule has 0 aliphatic carbocycles. The van der Waals surface area contributed by atoms with Crippen LogP contribution >= 0.6 is 0 Å². The van der Waals surface area contributed by atoms with Gasteiger partial charge < -0.3 is 20.5 Å². The fourth-order valence-electron chi connectivity index (χ4n) is 4.00. The van der Waals surface area contributed by atoms with Crippen molar-refractivity contribution in [1.29, 1.82) is 0 Å². The van der Waals surface area contributed by atoms with Crippen molar-refractivity contribution in [2.45, 2.75) is 37.8 Å². The molecule has 1 unspecified atom stereocenters. The Hall–Kier alpha value is -2.28. The fraction of sp³-hybridized carbons (Fsp3) is 0.556. The summed E-state index contributed by atoms with van der Waals surface area (Å²) < 4.78 is 1.86. The number of carbonyl (C=O) groups excluding carboxylic acids is 1. The first-order valence-corrected chi connectivity index (χ1v) is 9.18. The van der Waals surface area contributed by atoms with Gasteiger partial charge in [-0.15, -0.1) is 0 Å². The number of hydrogen-bond acceptors (Lipinski definition) is 3. The van der Waals surface area contributed by atoms with Crippen molar-refractivity contribution < 1.29 is 4.79 Å². The molecule has 3 N–H and O–H groups in total. The maximum Gasteiger partial charge on any atom is 0.326 e. The summed E-state index contributed by atoms with van der Waals surface area (Å²) in [5.41, 5.74) is 1.76. The first kappa shape index (κ1) is 16.2. The monoisotopic (exact) mass is 343 g/mol. The van der Waals surface area contributed by atoms with Gasteiger partial charge in [0.2, 0.25) is 0 Å². The number of rotatable bonds is 2. The number of H-pyrrole nitrogens is 1. The van der Waals surface area contributed by atoms with E-state index in [-0.39, 0.29) is 23.8 Å². The molecule has 0 bridgehead atoms. The maximum absolute atomic E-state index is 12.5. The largest absolute Gasteiger partial charge is 0.334 e. The Morgan fingerprint density at radius 1 is 1.16 bits per heavy atom. The van der Waals surface area contributed by atoms with E-state index in [1.165, 1.54) is 0 Å². The standard InChI is InChI=1S/C18H25N5O2/c24-17(20-13-4-3-9-19-12-13)22-10-7-14(8-11-22)23-16-6-2-1-5-15(16)21-18(23)25/h1-2,5-6,13-14,19H,3-4,7-12H2,(H,20,24)(H,21,25). The molecule has 2 aliphatic rings. The number of nitrogens with one attached hydrogen (secondary N) is 3. The molecule has 0 saturated carbocycles. The Bertz CT molecular complexity index is 797. The number of piperidine rings is 2. The third-order valence-corrected chi connectivity index (χ3v) is 5.37. The average Bonchev–Trinajstić information content (AvgIpc) is 2.98. The van der Waals surface area contributed by atoms with Crippen LogP contribution in [0.15, 0.2) is 29.1 Å². The number of benzene rings is 1. The van der Waals surface area contributed by atoms with E-state index < -0.39 is 0 Å². The number of aromatic nitrogens is 2. The van der Waals surface area contributed by atoms with E-state index in [1.54, 1.807) is 0 Å². The SMILES string of the molecule is O=C(NC1CCCNC1)N1CCC(n2c(=O)[nH]c3ccccc32)CC1. The molecule has 7 nitrogen and oxygen atoms in total. The average molecular weight is 343 g/mol. The lowest BCUT2D eigenvalue weighted by molar-refractivity contribution is 0.166. The Morgan fingerprint density at radius 2 is 1.96 bits per heavy atom. The van der Waals surface area contributed by atoms with Gasteiger partial charge in [0.25, 0.3) is 0 Å². The maximum atomic E-state index is 12.5. The topological polar surface area (TPSA) is 82.2 Å². The number of amides is 2. The molecule has 0 spiro atoms. The number of urea groups is 1. The van der Waals surface area contributed by atoms with Crippen LogP contribution in [0.25, 0.3) is 11.0 Å². The third kappa shape index (κ3) is 3.28. The van der Waals surface area contributed by atoms with Crippen LogP contribution in [0.1, 0.15) is 31.7 Å². The van der Waals surface area contributed by atoms with Crippen molar-refractivity contribution in [1.82, 2.24) is 25.1 Å². The van der Waals surface area contributed by atoms with Gasteiger partial charge in [0.15, 0.2) is 0 Å². The van der Waals surface area contributed by atoms with Gasteiger partial charge in [-0.25, -0.2) is 9.59 Å². The number of carbonyl (C=O) groups is 1. The predicted octanol–water partition coefficient (Wildman–Crippen LogP) is 1.43. The van der Waals surface area contributed by atoms with Crippen LogP contribution in [0, 0.1) is 0 Å². The van der Waals surface area contributed by atoms with Gasteiger partial charge in [-0.1, -0.05) is 12.1 Å². The second-order valence-electron chi connectivity index (χ2n) is 7.03. The molecule has 1 aromatic heterocycles. The molecular formula is C18H25N5O2. The number of aromatic amines is 1. The van der Waals surface area contributed by atoms with Gasteiger partial charge in [-0.2, -0.15) is 0 Å². The van der Waals surface area contributed by atoms with Crippen LogP contribution < -0.4 is 16.3 Å². The molecule has 2 aliphatic heterocycles. The quantitative estimate of drug-likeness (QED) is 0.771. The molecule has 2 fully saturated rings. The predicted molar refractivity (Wildman–Crippen MR) is 96.8 cm³/mol. The Labute approximate surface area is 146 Å². The second-order valence-corrected chi connectivity index (χ2v) is 7.03. The molecule has 2 amide bonds. The van der Waals surface area contributed by atoms with E-state index in [4.69, 9.17) is 0 Å². The zero-order valence-corrected chi connectivity index (χ0v) is 14.3. The summed E-state index contributed by atoms with van der Waals surface area (Å²) in [6, 6.07) is 8.18. The summed E-state index contributed by atoms with van der Waals surface area (Å²) in [4.78, 5) is 29.6. The Balaban J connectivity index is 1.40. The van der Waals surface area contributed by atoms with Crippen molar-refractivity contribution in [2.24, 2.45) is 0 Å². The molecule has 1 aromatic carbocycles. The molecule has 134 valence electrons. The van der Waals surface area contributed by atoms with Crippen LogP contribution in [0.2, 0.25) is 0 Å². The van der Waals surface area contributed by atoms with Crippen LogP contribution in [0.4, 0.5) is 4.79 Å². The van der Waals surface area contributed by atoms with E-state index in [2.05, 4.69) is 15.6 Å². The van der Waals surface area contributed by atoms with Gasteiger partial charge in [0.05, 0.1) is 11.0 Å². The van der Waals surface area contributed by atoms with Crippen LogP contribution in [-0.4, -0.2) is 52.7 Å². The minimum Gasteiger partial charge on any atom is -0.334 e. The Morgan fingerprint density at radius 3 is 2.72 bits per heavy atom. The zero-order chi connectivity index (χ0) is 17.2. The minimum absolute atomic E-state index is 0.0263. The molecule has 4 rings (SSSR count).